The predicted molar refractivity (Wildman–Crippen MR) is 76.3 cm³/mol. The highest BCUT2D eigenvalue weighted by atomic mass is 19.2. The van der Waals surface area contributed by atoms with Crippen LogP contribution in [0.4, 0.5) is 19.3 Å². The Morgan fingerprint density at radius 2 is 2.09 bits per heavy atom. The van der Waals surface area contributed by atoms with E-state index in [1.54, 1.807) is 19.1 Å². The molecule has 2 aromatic rings. The molecule has 2 amide bonds. The maximum absolute atomic E-state index is 13.4. The van der Waals surface area contributed by atoms with Crippen molar-refractivity contribution in [2.75, 3.05) is 5.32 Å². The summed E-state index contributed by atoms with van der Waals surface area (Å²) in [6, 6.07) is 5.68. The summed E-state index contributed by atoms with van der Waals surface area (Å²) in [6.07, 6.45) is 0.791. The number of amides is 2. The lowest BCUT2D eigenvalue weighted by Crippen LogP contribution is -2.37. The molecule has 5 nitrogen and oxygen atoms in total. The Morgan fingerprint density at radius 1 is 1.32 bits per heavy atom. The second-order valence-electron chi connectivity index (χ2n) is 4.87. The molecular formula is C15H16F2N2O3. The van der Waals surface area contributed by atoms with Crippen LogP contribution in [-0.2, 0) is 0 Å². The van der Waals surface area contributed by atoms with E-state index in [1.165, 1.54) is 18.4 Å². The molecule has 0 spiro atoms. The van der Waals surface area contributed by atoms with Gasteiger partial charge in [0.1, 0.15) is 11.9 Å². The van der Waals surface area contributed by atoms with Crippen molar-refractivity contribution in [2.24, 2.45) is 0 Å². The quantitative estimate of drug-likeness (QED) is 0.794. The number of rotatable bonds is 5. The average molecular weight is 310 g/mol. The second-order valence-corrected chi connectivity index (χ2v) is 4.87. The number of urea groups is 1. The van der Waals surface area contributed by atoms with Crippen molar-refractivity contribution in [2.45, 2.75) is 25.5 Å². The van der Waals surface area contributed by atoms with Crippen molar-refractivity contribution in [3.8, 4) is 0 Å². The van der Waals surface area contributed by atoms with Crippen LogP contribution < -0.4 is 10.6 Å². The van der Waals surface area contributed by atoms with Crippen LogP contribution in [0.3, 0.4) is 0 Å². The van der Waals surface area contributed by atoms with Crippen LogP contribution in [0.25, 0.3) is 0 Å². The third-order valence-electron chi connectivity index (χ3n) is 3.03. The SMILES string of the molecule is CC(CC(O)c1ccco1)NC(=O)Nc1cccc(F)c1F. The standard InChI is InChI=1S/C15H16F2N2O3/c1-9(8-12(20)13-6-3-7-22-13)18-15(21)19-11-5-2-4-10(16)14(11)17/h2-7,9,12,20H,8H2,1H3,(H2,18,19,21). The minimum Gasteiger partial charge on any atom is -0.467 e. The van der Waals surface area contributed by atoms with E-state index in [4.69, 9.17) is 4.42 Å². The number of hydrogen-bond donors (Lipinski definition) is 3. The first-order chi connectivity index (χ1) is 10.5. The van der Waals surface area contributed by atoms with Crippen molar-refractivity contribution in [3.63, 3.8) is 0 Å². The predicted octanol–water partition coefficient (Wildman–Crippen LogP) is 3.19. The van der Waals surface area contributed by atoms with E-state index in [2.05, 4.69) is 10.6 Å². The summed E-state index contributed by atoms with van der Waals surface area (Å²) in [4.78, 5) is 11.7. The Morgan fingerprint density at radius 3 is 2.77 bits per heavy atom. The maximum atomic E-state index is 13.4. The summed E-state index contributed by atoms with van der Waals surface area (Å²) in [6.45, 7) is 1.67. The fourth-order valence-corrected chi connectivity index (χ4v) is 1.97. The number of aliphatic hydroxyl groups is 1. The van der Waals surface area contributed by atoms with Gasteiger partial charge in [0.05, 0.1) is 12.0 Å². The first-order valence-electron chi connectivity index (χ1n) is 6.70. The molecule has 3 N–H and O–H groups in total. The molecular weight excluding hydrogens is 294 g/mol. The van der Waals surface area contributed by atoms with Crippen LogP contribution in [0.1, 0.15) is 25.2 Å². The summed E-state index contributed by atoms with van der Waals surface area (Å²) < 4.78 is 31.5. The monoisotopic (exact) mass is 310 g/mol. The topological polar surface area (TPSA) is 74.5 Å². The third kappa shape index (κ3) is 4.05. The molecule has 1 aromatic heterocycles. The third-order valence-corrected chi connectivity index (χ3v) is 3.03. The number of carbonyl (C=O) groups is 1. The summed E-state index contributed by atoms with van der Waals surface area (Å²) in [5.41, 5.74) is -0.253. The fraction of sp³-hybridized carbons (Fsp3) is 0.267. The maximum Gasteiger partial charge on any atom is 0.319 e. The summed E-state index contributed by atoms with van der Waals surface area (Å²) in [5.74, 6) is -1.77. The van der Waals surface area contributed by atoms with Crippen molar-refractivity contribution in [3.05, 3.63) is 54.0 Å². The smallest absolute Gasteiger partial charge is 0.319 e. The number of halogens is 2. The van der Waals surface area contributed by atoms with Gasteiger partial charge in [-0.25, -0.2) is 13.6 Å². The van der Waals surface area contributed by atoms with Crippen LogP contribution >= 0.6 is 0 Å². The molecule has 7 heteroatoms. The van der Waals surface area contributed by atoms with Crippen LogP contribution in [0.5, 0.6) is 0 Å². The molecule has 2 rings (SSSR count). The minimum absolute atomic E-state index is 0.215. The van der Waals surface area contributed by atoms with Crippen LogP contribution in [0, 0.1) is 11.6 Å². The zero-order valence-corrected chi connectivity index (χ0v) is 11.8. The van der Waals surface area contributed by atoms with Crippen molar-refractivity contribution < 1.29 is 23.1 Å². The number of benzene rings is 1. The highest BCUT2D eigenvalue weighted by molar-refractivity contribution is 5.89. The molecule has 0 aliphatic carbocycles. The van der Waals surface area contributed by atoms with Gasteiger partial charge in [-0.05, 0) is 31.2 Å². The van der Waals surface area contributed by atoms with Gasteiger partial charge in [0.25, 0.3) is 0 Å². The Hall–Kier alpha value is -2.41. The molecule has 1 aromatic carbocycles. The Balaban J connectivity index is 1.87. The van der Waals surface area contributed by atoms with Crippen molar-refractivity contribution >= 4 is 11.7 Å². The van der Waals surface area contributed by atoms with Gasteiger partial charge >= 0.3 is 6.03 Å². The van der Waals surface area contributed by atoms with E-state index in [-0.39, 0.29) is 12.1 Å². The summed E-state index contributed by atoms with van der Waals surface area (Å²) in [7, 11) is 0. The molecule has 2 atom stereocenters. The normalized spacial score (nSPS) is 13.5. The number of carbonyl (C=O) groups excluding carboxylic acids is 1. The molecule has 2 unspecified atom stereocenters. The zero-order valence-electron chi connectivity index (χ0n) is 11.8. The molecule has 0 aliphatic heterocycles. The zero-order chi connectivity index (χ0) is 16.1. The number of furan rings is 1. The highest BCUT2D eigenvalue weighted by Gasteiger charge is 2.17. The molecule has 22 heavy (non-hydrogen) atoms. The van der Waals surface area contributed by atoms with E-state index in [9.17, 15) is 18.7 Å². The van der Waals surface area contributed by atoms with Gasteiger partial charge < -0.3 is 20.2 Å². The lowest BCUT2D eigenvalue weighted by molar-refractivity contribution is 0.130. The van der Waals surface area contributed by atoms with Gasteiger partial charge in [0.15, 0.2) is 11.6 Å². The largest absolute Gasteiger partial charge is 0.467 e. The van der Waals surface area contributed by atoms with Gasteiger partial charge in [0, 0.05) is 12.5 Å². The Bertz CT molecular complexity index is 632. The van der Waals surface area contributed by atoms with E-state index in [0.29, 0.717) is 5.76 Å². The molecule has 0 saturated heterocycles. The van der Waals surface area contributed by atoms with Crippen molar-refractivity contribution in [1.82, 2.24) is 5.32 Å². The van der Waals surface area contributed by atoms with Crippen LogP contribution in [-0.4, -0.2) is 17.2 Å². The molecule has 0 bridgehead atoms. The number of aliphatic hydroxyl groups excluding tert-OH is 1. The Kier molecular flexibility index (Phi) is 5.11. The number of anilines is 1. The van der Waals surface area contributed by atoms with E-state index < -0.39 is 29.8 Å². The van der Waals surface area contributed by atoms with E-state index >= 15 is 0 Å². The van der Waals surface area contributed by atoms with E-state index in [1.807, 2.05) is 0 Å². The minimum atomic E-state index is -1.12. The Labute approximate surface area is 125 Å². The van der Waals surface area contributed by atoms with Gasteiger partial charge in [0.2, 0.25) is 0 Å². The average Bonchev–Trinajstić information content (AvgIpc) is 2.97. The van der Waals surface area contributed by atoms with Crippen LogP contribution in [0.15, 0.2) is 41.0 Å². The lowest BCUT2D eigenvalue weighted by Gasteiger charge is -2.17. The van der Waals surface area contributed by atoms with Gasteiger partial charge in [-0.15, -0.1) is 0 Å². The molecule has 118 valence electrons. The molecule has 0 saturated carbocycles. The fourth-order valence-electron chi connectivity index (χ4n) is 1.97. The summed E-state index contributed by atoms with van der Waals surface area (Å²) in [5, 5.41) is 14.6. The van der Waals surface area contributed by atoms with Gasteiger partial charge in [-0.3, -0.25) is 0 Å². The first kappa shape index (κ1) is 16.0. The molecule has 0 radical (unpaired) electrons. The van der Waals surface area contributed by atoms with E-state index in [0.717, 1.165) is 6.07 Å². The number of nitrogens with one attached hydrogen (secondary N) is 2. The molecule has 0 fully saturated rings. The lowest BCUT2D eigenvalue weighted by atomic mass is 10.1. The number of hydrogen-bond acceptors (Lipinski definition) is 3. The van der Waals surface area contributed by atoms with Gasteiger partial charge in [-0.2, -0.15) is 0 Å². The van der Waals surface area contributed by atoms with Crippen molar-refractivity contribution in [1.29, 1.82) is 0 Å². The molecule has 1 heterocycles. The first-order valence-corrected chi connectivity index (χ1v) is 6.70. The molecule has 0 aliphatic rings. The van der Waals surface area contributed by atoms with Crippen LogP contribution in [0.2, 0.25) is 0 Å². The van der Waals surface area contributed by atoms with Gasteiger partial charge in [-0.1, -0.05) is 6.07 Å². The second kappa shape index (κ2) is 7.04. The highest BCUT2D eigenvalue weighted by Crippen LogP contribution is 2.19. The summed E-state index contributed by atoms with van der Waals surface area (Å²) >= 11 is 0.